The number of fused-ring (bicyclic) bond motifs is 1. The summed E-state index contributed by atoms with van der Waals surface area (Å²) in [5.74, 6) is -0.623. The van der Waals surface area contributed by atoms with Crippen molar-refractivity contribution in [2.24, 2.45) is 0 Å². The molecule has 5 nitrogen and oxygen atoms in total. The van der Waals surface area contributed by atoms with Gasteiger partial charge in [0, 0.05) is 0 Å². The Bertz CT molecular complexity index is 967. The maximum absolute atomic E-state index is 12.1. The summed E-state index contributed by atoms with van der Waals surface area (Å²) in [6.07, 6.45) is 0. The molecule has 0 radical (unpaired) electrons. The zero-order valence-corrected chi connectivity index (χ0v) is 17.7. The minimum absolute atomic E-state index is 0.125. The number of rotatable bonds is 7. The number of aromatic nitrogens is 1. The first-order valence-electron chi connectivity index (χ1n) is 8.93. The van der Waals surface area contributed by atoms with Gasteiger partial charge in [-0.15, -0.1) is 11.3 Å². The van der Waals surface area contributed by atoms with E-state index in [1.54, 1.807) is 0 Å². The fraction of sp³-hybridized carbons (Fsp3) is 0.286. The molecule has 7 heteroatoms. The Hall–Kier alpha value is -2.38. The number of nitrogens with zero attached hydrogens (tertiary/aromatic N) is 1. The molecular formula is C21H22N2O3S2. The first-order chi connectivity index (χ1) is 13.4. The van der Waals surface area contributed by atoms with Gasteiger partial charge < -0.3 is 10.1 Å². The summed E-state index contributed by atoms with van der Waals surface area (Å²) in [6, 6.07) is 13.8. The van der Waals surface area contributed by atoms with E-state index in [9.17, 15) is 9.59 Å². The van der Waals surface area contributed by atoms with Gasteiger partial charge in [-0.25, -0.2) is 4.98 Å². The highest BCUT2D eigenvalue weighted by Gasteiger charge is 2.13. The number of nitrogens with one attached hydrogen (secondary N) is 1. The number of esters is 1. The van der Waals surface area contributed by atoms with E-state index < -0.39 is 5.97 Å². The molecule has 3 aromatic rings. The van der Waals surface area contributed by atoms with Gasteiger partial charge >= 0.3 is 5.97 Å². The van der Waals surface area contributed by atoms with Crippen LogP contribution < -0.4 is 5.32 Å². The highest BCUT2D eigenvalue weighted by molar-refractivity contribution is 8.01. The van der Waals surface area contributed by atoms with Crippen molar-refractivity contribution in [3.63, 3.8) is 0 Å². The first-order valence-corrected chi connectivity index (χ1v) is 10.7. The van der Waals surface area contributed by atoms with Crippen molar-refractivity contribution in [3.8, 4) is 0 Å². The fourth-order valence-electron chi connectivity index (χ4n) is 2.62. The van der Waals surface area contributed by atoms with Crippen molar-refractivity contribution in [2.45, 2.75) is 31.2 Å². The molecule has 0 spiro atoms. The second kappa shape index (κ2) is 9.21. The molecule has 2 aromatic carbocycles. The number of para-hydroxylation sites is 1. The Morgan fingerprint density at radius 3 is 2.71 bits per heavy atom. The van der Waals surface area contributed by atoms with Crippen LogP contribution in [0, 0.1) is 13.8 Å². The number of amides is 1. The molecule has 0 aliphatic carbocycles. The second-order valence-corrected chi connectivity index (χ2v) is 8.78. The first kappa shape index (κ1) is 20.4. The topological polar surface area (TPSA) is 68.3 Å². The van der Waals surface area contributed by atoms with E-state index in [1.807, 2.05) is 57.2 Å². The average Bonchev–Trinajstić information content (AvgIpc) is 3.09. The lowest BCUT2D eigenvalue weighted by atomic mass is 10.0. The lowest BCUT2D eigenvalue weighted by molar-refractivity contribution is -0.146. The van der Waals surface area contributed by atoms with E-state index in [4.69, 9.17) is 4.74 Å². The van der Waals surface area contributed by atoms with Gasteiger partial charge in [0.25, 0.3) is 5.91 Å². The summed E-state index contributed by atoms with van der Waals surface area (Å²) in [4.78, 5) is 28.5. The number of aryl methyl sites for hydroxylation is 2. The van der Waals surface area contributed by atoms with Crippen LogP contribution in [0.1, 0.15) is 29.7 Å². The highest BCUT2D eigenvalue weighted by Crippen LogP contribution is 2.29. The number of carbonyl (C=O) groups excluding carboxylic acids is 2. The Balaban J connectivity index is 1.43. The highest BCUT2D eigenvalue weighted by atomic mass is 32.2. The SMILES string of the molecule is Cc1ccc([C@@H](C)NC(=O)COC(=O)CSc2nc3ccccc3s2)cc1C. The second-order valence-electron chi connectivity index (χ2n) is 6.53. The molecule has 1 aromatic heterocycles. The molecule has 1 amide bonds. The van der Waals surface area contributed by atoms with E-state index in [-0.39, 0.29) is 24.3 Å². The molecule has 0 aliphatic heterocycles. The zero-order valence-electron chi connectivity index (χ0n) is 16.0. The number of carbonyl (C=O) groups is 2. The van der Waals surface area contributed by atoms with E-state index in [1.165, 1.54) is 34.2 Å². The number of thioether (sulfide) groups is 1. The van der Waals surface area contributed by atoms with Gasteiger partial charge in [0.2, 0.25) is 0 Å². The molecule has 1 N–H and O–H groups in total. The standard InChI is InChI=1S/C21H22N2O3S2/c1-13-8-9-16(10-14(13)2)15(3)22-19(24)11-26-20(25)12-27-21-23-17-6-4-5-7-18(17)28-21/h4-10,15H,11-12H2,1-3H3,(H,22,24)/t15-/m1/s1. The zero-order chi connectivity index (χ0) is 20.1. The summed E-state index contributed by atoms with van der Waals surface area (Å²) in [6.45, 7) is 5.72. The lowest BCUT2D eigenvalue weighted by Gasteiger charge is -2.15. The van der Waals surface area contributed by atoms with Crippen LogP contribution in [0.3, 0.4) is 0 Å². The van der Waals surface area contributed by atoms with Crippen molar-refractivity contribution in [3.05, 3.63) is 59.2 Å². The van der Waals surface area contributed by atoms with E-state index in [0.717, 1.165) is 20.1 Å². The number of benzene rings is 2. The Morgan fingerprint density at radius 1 is 1.18 bits per heavy atom. The van der Waals surface area contributed by atoms with Gasteiger partial charge in [0.05, 0.1) is 22.0 Å². The fourth-order valence-corrected chi connectivity index (χ4v) is 4.49. The molecular weight excluding hydrogens is 392 g/mol. The van der Waals surface area contributed by atoms with Gasteiger partial charge in [-0.3, -0.25) is 9.59 Å². The smallest absolute Gasteiger partial charge is 0.316 e. The van der Waals surface area contributed by atoms with E-state index >= 15 is 0 Å². The Kier molecular flexibility index (Phi) is 6.70. The van der Waals surface area contributed by atoms with Crippen LogP contribution in [0.25, 0.3) is 10.2 Å². The minimum atomic E-state index is -0.432. The molecule has 3 rings (SSSR count). The van der Waals surface area contributed by atoms with Crippen LogP contribution in [-0.4, -0.2) is 29.2 Å². The molecule has 0 aliphatic rings. The summed E-state index contributed by atoms with van der Waals surface area (Å²) in [7, 11) is 0. The quantitative estimate of drug-likeness (QED) is 0.458. The van der Waals surface area contributed by atoms with Crippen LogP contribution in [0.5, 0.6) is 0 Å². The third-order valence-corrected chi connectivity index (χ3v) is 6.51. The normalized spacial score (nSPS) is 12.0. The summed E-state index contributed by atoms with van der Waals surface area (Å²) in [5, 5.41) is 2.86. The molecule has 1 heterocycles. The monoisotopic (exact) mass is 414 g/mol. The summed E-state index contributed by atoms with van der Waals surface area (Å²) in [5.41, 5.74) is 4.33. The van der Waals surface area contributed by atoms with Crippen molar-refractivity contribution in [1.29, 1.82) is 0 Å². The number of thiazole rings is 1. The third kappa shape index (κ3) is 5.33. The molecule has 28 heavy (non-hydrogen) atoms. The number of ether oxygens (including phenoxy) is 1. The largest absolute Gasteiger partial charge is 0.455 e. The van der Waals surface area contributed by atoms with Crippen LogP contribution in [-0.2, 0) is 14.3 Å². The Morgan fingerprint density at radius 2 is 1.96 bits per heavy atom. The van der Waals surface area contributed by atoms with Gasteiger partial charge in [0.1, 0.15) is 0 Å². The van der Waals surface area contributed by atoms with Gasteiger partial charge in [-0.1, -0.05) is 42.1 Å². The molecule has 0 fully saturated rings. The third-order valence-electron chi connectivity index (χ3n) is 4.36. The number of hydrogen-bond donors (Lipinski definition) is 1. The molecule has 0 unspecified atom stereocenters. The maximum Gasteiger partial charge on any atom is 0.316 e. The molecule has 0 saturated heterocycles. The van der Waals surface area contributed by atoms with Crippen LogP contribution in [0.4, 0.5) is 0 Å². The summed E-state index contributed by atoms with van der Waals surface area (Å²) >= 11 is 2.86. The van der Waals surface area contributed by atoms with E-state index in [0.29, 0.717) is 0 Å². The van der Waals surface area contributed by atoms with Crippen LogP contribution >= 0.6 is 23.1 Å². The van der Waals surface area contributed by atoms with Crippen molar-refractivity contribution < 1.29 is 14.3 Å². The predicted octanol–water partition coefficient (Wildman–Crippen LogP) is 4.43. The number of hydrogen-bond acceptors (Lipinski definition) is 6. The minimum Gasteiger partial charge on any atom is -0.455 e. The molecule has 0 bridgehead atoms. The van der Waals surface area contributed by atoms with Gasteiger partial charge in [-0.05, 0) is 49.6 Å². The molecule has 0 saturated carbocycles. The van der Waals surface area contributed by atoms with Crippen molar-refractivity contribution in [1.82, 2.24) is 10.3 Å². The lowest BCUT2D eigenvalue weighted by Crippen LogP contribution is -2.31. The van der Waals surface area contributed by atoms with Gasteiger partial charge in [0.15, 0.2) is 10.9 Å². The Labute approximate surface area is 172 Å². The van der Waals surface area contributed by atoms with Crippen LogP contribution in [0.15, 0.2) is 46.8 Å². The van der Waals surface area contributed by atoms with Crippen LogP contribution in [0.2, 0.25) is 0 Å². The predicted molar refractivity (Wildman–Crippen MR) is 114 cm³/mol. The van der Waals surface area contributed by atoms with Gasteiger partial charge in [-0.2, -0.15) is 0 Å². The average molecular weight is 415 g/mol. The van der Waals surface area contributed by atoms with Crippen molar-refractivity contribution >= 4 is 45.2 Å². The molecule has 146 valence electrons. The van der Waals surface area contributed by atoms with Crippen molar-refractivity contribution in [2.75, 3.05) is 12.4 Å². The molecule has 1 atom stereocenters. The maximum atomic E-state index is 12.1. The summed E-state index contributed by atoms with van der Waals surface area (Å²) < 4.78 is 6.98. The van der Waals surface area contributed by atoms with E-state index in [2.05, 4.69) is 16.4 Å².